The first kappa shape index (κ1) is 16.7. The zero-order valence-electron chi connectivity index (χ0n) is 11.7. The van der Waals surface area contributed by atoms with E-state index in [4.69, 9.17) is 14.7 Å². The molecule has 0 aromatic heterocycles. The number of nitrogens with zero attached hydrogens (tertiary/aromatic N) is 1. The average Bonchev–Trinajstić information content (AvgIpc) is 3.09. The van der Waals surface area contributed by atoms with Crippen molar-refractivity contribution in [3.63, 3.8) is 0 Å². The van der Waals surface area contributed by atoms with Crippen LogP contribution in [0.3, 0.4) is 0 Å². The molecule has 102 valence electrons. The molecule has 0 radical (unpaired) electrons. The third kappa shape index (κ3) is 9.86. The molecule has 0 spiro atoms. The first-order valence-corrected chi connectivity index (χ1v) is 6.20. The van der Waals surface area contributed by atoms with Gasteiger partial charge in [-0.3, -0.25) is 0 Å². The van der Waals surface area contributed by atoms with Crippen LogP contribution < -0.4 is 0 Å². The Kier molecular flexibility index (Phi) is 8.06. The van der Waals surface area contributed by atoms with Gasteiger partial charge in [0.05, 0.1) is 12.7 Å². The maximum absolute atomic E-state index is 10.7. The van der Waals surface area contributed by atoms with Gasteiger partial charge in [0.15, 0.2) is 0 Å². The van der Waals surface area contributed by atoms with Gasteiger partial charge in [-0.1, -0.05) is 20.4 Å². The molecule has 0 N–H and O–H groups in total. The minimum atomic E-state index is -0.337. The second-order valence-corrected chi connectivity index (χ2v) is 4.99. The molecule has 4 heteroatoms. The molecule has 0 bridgehead atoms. The second kappa shape index (κ2) is 8.71. The topological polar surface area (TPSA) is 62.6 Å². The van der Waals surface area contributed by atoms with Crippen molar-refractivity contribution in [2.24, 2.45) is 11.8 Å². The number of ether oxygens (including phenoxy) is 2. The predicted octanol–water partition coefficient (Wildman–Crippen LogP) is 2.70. The Labute approximate surface area is 110 Å². The highest BCUT2D eigenvalue weighted by molar-refractivity contribution is 5.86. The molecule has 1 aliphatic heterocycles. The van der Waals surface area contributed by atoms with Crippen molar-refractivity contribution < 1.29 is 14.3 Å². The van der Waals surface area contributed by atoms with E-state index in [1.165, 1.54) is 0 Å². The summed E-state index contributed by atoms with van der Waals surface area (Å²) in [5.41, 5.74) is 0.431. The third-order valence-corrected chi connectivity index (χ3v) is 2.20. The Morgan fingerprint density at radius 3 is 2.39 bits per heavy atom. The van der Waals surface area contributed by atoms with Gasteiger partial charge in [-0.25, -0.2) is 4.79 Å². The highest BCUT2D eigenvalue weighted by atomic mass is 16.6. The van der Waals surface area contributed by atoms with Crippen LogP contribution in [0.5, 0.6) is 0 Å². The summed E-state index contributed by atoms with van der Waals surface area (Å²) in [5.74, 6) is 0.551. The summed E-state index contributed by atoms with van der Waals surface area (Å²) in [6.45, 7) is 12.4. The van der Waals surface area contributed by atoms with Crippen LogP contribution in [-0.2, 0) is 14.3 Å². The summed E-state index contributed by atoms with van der Waals surface area (Å²) >= 11 is 0. The fourth-order valence-corrected chi connectivity index (χ4v) is 1.22. The van der Waals surface area contributed by atoms with Gasteiger partial charge in [0.25, 0.3) is 0 Å². The Hall–Kier alpha value is -1.34. The third-order valence-electron chi connectivity index (χ3n) is 2.20. The number of hydrogen-bond donors (Lipinski definition) is 0. The molecule has 0 aliphatic carbocycles. The van der Waals surface area contributed by atoms with E-state index in [-0.39, 0.29) is 18.0 Å². The van der Waals surface area contributed by atoms with E-state index in [2.05, 4.69) is 26.5 Å². The van der Waals surface area contributed by atoms with E-state index in [1.54, 1.807) is 6.92 Å². The summed E-state index contributed by atoms with van der Waals surface area (Å²) in [7, 11) is 0. The van der Waals surface area contributed by atoms with Crippen LogP contribution >= 0.6 is 0 Å². The van der Waals surface area contributed by atoms with Crippen LogP contribution in [0.2, 0.25) is 0 Å². The largest absolute Gasteiger partial charge is 0.459 e. The van der Waals surface area contributed by atoms with Gasteiger partial charge in [0.1, 0.15) is 12.7 Å². The average molecular weight is 253 g/mol. The lowest BCUT2D eigenvalue weighted by Crippen LogP contribution is -2.09. The van der Waals surface area contributed by atoms with Crippen molar-refractivity contribution in [3.05, 3.63) is 12.2 Å². The van der Waals surface area contributed by atoms with E-state index >= 15 is 0 Å². The lowest BCUT2D eigenvalue weighted by atomic mass is 10.0. The van der Waals surface area contributed by atoms with Crippen molar-refractivity contribution in [2.45, 2.75) is 40.2 Å². The molecule has 1 aliphatic rings. The Morgan fingerprint density at radius 2 is 2.11 bits per heavy atom. The number of rotatable bonds is 5. The van der Waals surface area contributed by atoms with Gasteiger partial charge in [-0.05, 0) is 26.2 Å². The van der Waals surface area contributed by atoms with Crippen LogP contribution in [0.1, 0.15) is 34.1 Å². The number of carbonyl (C=O) groups excluding carboxylic acids is 1. The lowest BCUT2D eigenvalue weighted by Gasteiger charge is -2.03. The standard InChI is InChI=1S/C7H13N.C7H10O3/c1-6(2)4-7(3)5-8;1-5(2)7(8)10-4-6-3-9-6/h6-7H,4H2,1-3H3;6H,1,3-4H2,2H3. The molecule has 2 atom stereocenters. The maximum Gasteiger partial charge on any atom is 0.333 e. The smallest absolute Gasteiger partial charge is 0.333 e. The summed E-state index contributed by atoms with van der Waals surface area (Å²) in [6.07, 6.45) is 1.17. The van der Waals surface area contributed by atoms with E-state index in [1.807, 2.05) is 6.92 Å². The summed E-state index contributed by atoms with van der Waals surface area (Å²) in [4.78, 5) is 10.7. The minimum absolute atomic E-state index is 0.142. The van der Waals surface area contributed by atoms with Crippen molar-refractivity contribution in [1.82, 2.24) is 0 Å². The number of epoxide rings is 1. The molecule has 0 amide bonds. The van der Waals surface area contributed by atoms with Gasteiger partial charge < -0.3 is 9.47 Å². The first-order valence-electron chi connectivity index (χ1n) is 6.20. The van der Waals surface area contributed by atoms with Crippen LogP contribution in [-0.4, -0.2) is 25.3 Å². The number of carbonyl (C=O) groups is 1. The molecule has 1 heterocycles. The molecular weight excluding hydrogens is 230 g/mol. The first-order chi connectivity index (χ1) is 8.36. The predicted molar refractivity (Wildman–Crippen MR) is 69.7 cm³/mol. The molecule has 0 aromatic rings. The highest BCUT2D eigenvalue weighted by Gasteiger charge is 2.24. The summed E-state index contributed by atoms with van der Waals surface area (Å²) < 4.78 is 9.60. The molecule has 0 aromatic carbocycles. The fraction of sp³-hybridized carbons (Fsp3) is 0.714. The monoisotopic (exact) mass is 253 g/mol. The number of hydrogen-bond acceptors (Lipinski definition) is 4. The Bertz CT molecular complexity index is 313. The quantitative estimate of drug-likeness (QED) is 0.429. The van der Waals surface area contributed by atoms with Crippen molar-refractivity contribution in [1.29, 1.82) is 5.26 Å². The van der Waals surface area contributed by atoms with Crippen LogP contribution in [0, 0.1) is 23.2 Å². The van der Waals surface area contributed by atoms with Gasteiger partial charge in [0.2, 0.25) is 0 Å². The van der Waals surface area contributed by atoms with Gasteiger partial charge >= 0.3 is 5.97 Å². The summed E-state index contributed by atoms with van der Waals surface area (Å²) in [6, 6.07) is 2.20. The normalized spacial score (nSPS) is 18.1. The van der Waals surface area contributed by atoms with Gasteiger partial charge in [-0.2, -0.15) is 5.26 Å². The SMILES string of the molecule is C=C(C)C(=O)OCC1CO1.CC(C)CC(C)C#N. The number of nitriles is 1. The van der Waals surface area contributed by atoms with Crippen LogP contribution in [0.15, 0.2) is 12.2 Å². The Morgan fingerprint density at radius 1 is 1.56 bits per heavy atom. The van der Waals surface area contributed by atoms with Gasteiger partial charge in [0, 0.05) is 11.5 Å². The zero-order valence-corrected chi connectivity index (χ0v) is 11.7. The molecular formula is C14H23NO3. The van der Waals surface area contributed by atoms with E-state index in [0.29, 0.717) is 24.7 Å². The number of esters is 1. The fourth-order valence-electron chi connectivity index (χ4n) is 1.22. The van der Waals surface area contributed by atoms with Crippen LogP contribution in [0.25, 0.3) is 0 Å². The molecule has 1 fully saturated rings. The second-order valence-electron chi connectivity index (χ2n) is 4.99. The van der Waals surface area contributed by atoms with E-state index < -0.39 is 0 Å². The summed E-state index contributed by atoms with van der Waals surface area (Å²) in [5, 5.41) is 8.33. The highest BCUT2D eigenvalue weighted by Crippen LogP contribution is 2.09. The van der Waals surface area contributed by atoms with E-state index in [9.17, 15) is 4.79 Å². The van der Waals surface area contributed by atoms with Crippen molar-refractivity contribution in [2.75, 3.05) is 13.2 Å². The van der Waals surface area contributed by atoms with E-state index in [0.717, 1.165) is 6.42 Å². The molecule has 1 rings (SSSR count). The van der Waals surface area contributed by atoms with Crippen molar-refractivity contribution in [3.8, 4) is 6.07 Å². The maximum atomic E-state index is 10.7. The minimum Gasteiger partial charge on any atom is -0.459 e. The van der Waals surface area contributed by atoms with Crippen LogP contribution in [0.4, 0.5) is 0 Å². The lowest BCUT2D eigenvalue weighted by molar-refractivity contribution is -0.139. The molecule has 2 unspecified atom stereocenters. The Balaban J connectivity index is 0.000000331. The van der Waals surface area contributed by atoms with Crippen molar-refractivity contribution >= 4 is 5.97 Å². The molecule has 18 heavy (non-hydrogen) atoms. The molecule has 1 saturated heterocycles. The molecule has 4 nitrogen and oxygen atoms in total. The zero-order chi connectivity index (χ0) is 14.1. The van der Waals surface area contributed by atoms with Gasteiger partial charge in [-0.15, -0.1) is 0 Å². The molecule has 0 saturated carbocycles.